The van der Waals surface area contributed by atoms with Crippen LogP contribution in [0.4, 0.5) is 30.5 Å². The molecule has 0 atom stereocenters. The topological polar surface area (TPSA) is 112 Å². The lowest BCUT2D eigenvalue weighted by molar-refractivity contribution is -0.274. The van der Waals surface area contributed by atoms with Gasteiger partial charge in [-0.1, -0.05) is 12.1 Å². The monoisotopic (exact) mass is 313 g/mol. The zero-order valence-corrected chi connectivity index (χ0v) is 11.3. The molecule has 0 amide bonds. The minimum atomic E-state index is -4.74. The molecule has 118 valence electrons. The molecule has 0 bridgehead atoms. The second kappa shape index (κ2) is 5.98. The first-order chi connectivity index (χ1) is 10.3. The average Bonchev–Trinajstić information content (AvgIpc) is 2.41. The van der Waals surface area contributed by atoms with Crippen LogP contribution < -0.4 is 27.5 Å². The van der Waals surface area contributed by atoms with Gasteiger partial charge in [0.25, 0.3) is 0 Å². The first-order valence-corrected chi connectivity index (χ1v) is 6.14. The molecule has 2 aromatic rings. The van der Waals surface area contributed by atoms with E-state index in [0.717, 1.165) is 0 Å². The van der Waals surface area contributed by atoms with Crippen molar-refractivity contribution in [2.45, 2.75) is 12.8 Å². The molecule has 0 spiro atoms. The lowest BCUT2D eigenvalue weighted by Crippen LogP contribution is -2.17. The number of halogens is 3. The smallest absolute Gasteiger partial charge is 0.406 e. The molecule has 7 N–H and O–H groups in total. The van der Waals surface area contributed by atoms with Crippen LogP contribution in [0.15, 0.2) is 30.3 Å². The van der Waals surface area contributed by atoms with Gasteiger partial charge in [-0.3, -0.25) is 0 Å². The number of alkyl halides is 3. The molecule has 9 heteroatoms. The lowest BCUT2D eigenvalue weighted by atomic mass is 10.0. The van der Waals surface area contributed by atoms with Gasteiger partial charge in [0.15, 0.2) is 5.82 Å². The van der Waals surface area contributed by atoms with Crippen molar-refractivity contribution < 1.29 is 17.9 Å². The van der Waals surface area contributed by atoms with Gasteiger partial charge in [-0.05, 0) is 35.7 Å². The van der Waals surface area contributed by atoms with Gasteiger partial charge in [-0.25, -0.2) is 10.8 Å². The Morgan fingerprint density at radius 1 is 1.18 bits per heavy atom. The fraction of sp³-hybridized carbons (Fsp3) is 0.154. The molecule has 1 aromatic carbocycles. The van der Waals surface area contributed by atoms with Gasteiger partial charge in [0, 0.05) is 0 Å². The molecule has 0 fully saturated rings. The van der Waals surface area contributed by atoms with E-state index < -0.39 is 6.36 Å². The minimum Gasteiger partial charge on any atom is -0.406 e. The zero-order valence-electron chi connectivity index (χ0n) is 11.3. The van der Waals surface area contributed by atoms with E-state index >= 15 is 0 Å². The maximum absolute atomic E-state index is 12.2. The van der Waals surface area contributed by atoms with E-state index in [1.165, 1.54) is 24.3 Å². The van der Waals surface area contributed by atoms with Crippen LogP contribution in [-0.4, -0.2) is 11.3 Å². The lowest BCUT2D eigenvalue weighted by Gasteiger charge is -2.13. The summed E-state index contributed by atoms with van der Waals surface area (Å²) in [6.07, 6.45) is -4.49. The molecule has 0 aliphatic carbocycles. The molecule has 0 saturated carbocycles. The van der Waals surface area contributed by atoms with Crippen LogP contribution in [0.3, 0.4) is 0 Å². The van der Waals surface area contributed by atoms with E-state index in [1.54, 1.807) is 6.07 Å². The SMILES string of the molecule is NNc1nc(N)cc(Cc2cccc(OC(F)(F)F)c2)c1N. The van der Waals surface area contributed by atoms with Crippen LogP contribution in [0.5, 0.6) is 5.75 Å². The number of benzene rings is 1. The van der Waals surface area contributed by atoms with Crippen LogP contribution in [0, 0.1) is 0 Å². The van der Waals surface area contributed by atoms with Gasteiger partial charge in [0.1, 0.15) is 11.6 Å². The van der Waals surface area contributed by atoms with Crippen LogP contribution >= 0.6 is 0 Å². The van der Waals surface area contributed by atoms with E-state index in [-0.39, 0.29) is 29.5 Å². The van der Waals surface area contributed by atoms with Crippen molar-refractivity contribution in [3.05, 3.63) is 41.5 Å². The van der Waals surface area contributed by atoms with Crippen LogP contribution in [-0.2, 0) is 6.42 Å². The third kappa shape index (κ3) is 3.92. The molecule has 0 radical (unpaired) electrons. The fourth-order valence-electron chi connectivity index (χ4n) is 1.96. The van der Waals surface area contributed by atoms with Crippen LogP contribution in [0.1, 0.15) is 11.1 Å². The molecule has 0 saturated heterocycles. The quantitative estimate of drug-likeness (QED) is 0.507. The Labute approximate surface area is 124 Å². The predicted octanol–water partition coefficient (Wildman–Crippen LogP) is 2.02. The van der Waals surface area contributed by atoms with Crippen molar-refractivity contribution in [3.8, 4) is 5.75 Å². The largest absolute Gasteiger partial charge is 0.573 e. The molecule has 6 nitrogen and oxygen atoms in total. The first-order valence-electron chi connectivity index (χ1n) is 6.14. The van der Waals surface area contributed by atoms with E-state index in [1.807, 2.05) is 0 Å². The summed E-state index contributed by atoms with van der Waals surface area (Å²) in [5.41, 5.74) is 15.3. The highest BCUT2D eigenvalue weighted by atomic mass is 19.4. The van der Waals surface area contributed by atoms with E-state index in [2.05, 4.69) is 15.1 Å². The predicted molar refractivity (Wildman–Crippen MR) is 76.8 cm³/mol. The molecule has 22 heavy (non-hydrogen) atoms. The molecule has 0 unspecified atom stereocenters. The third-order valence-corrected chi connectivity index (χ3v) is 2.83. The number of pyridine rings is 1. The summed E-state index contributed by atoms with van der Waals surface area (Å²) in [5.74, 6) is 5.38. The summed E-state index contributed by atoms with van der Waals surface area (Å²) in [6.45, 7) is 0. The highest BCUT2D eigenvalue weighted by Crippen LogP contribution is 2.27. The van der Waals surface area contributed by atoms with Crippen molar-refractivity contribution in [3.63, 3.8) is 0 Å². The molecule has 0 aliphatic heterocycles. The summed E-state index contributed by atoms with van der Waals surface area (Å²) in [4.78, 5) is 3.90. The average molecular weight is 313 g/mol. The summed E-state index contributed by atoms with van der Waals surface area (Å²) in [7, 11) is 0. The van der Waals surface area contributed by atoms with Crippen molar-refractivity contribution in [1.29, 1.82) is 0 Å². The number of hydrazine groups is 1. The second-order valence-corrected chi connectivity index (χ2v) is 4.48. The molecule has 1 aromatic heterocycles. The van der Waals surface area contributed by atoms with Gasteiger partial charge in [-0.2, -0.15) is 0 Å². The highest BCUT2D eigenvalue weighted by molar-refractivity contribution is 5.68. The van der Waals surface area contributed by atoms with Crippen LogP contribution in [0.2, 0.25) is 0 Å². The zero-order chi connectivity index (χ0) is 16.3. The number of anilines is 3. The molecule has 0 aliphatic rings. The second-order valence-electron chi connectivity index (χ2n) is 4.48. The fourth-order valence-corrected chi connectivity index (χ4v) is 1.96. The maximum atomic E-state index is 12.2. The van der Waals surface area contributed by atoms with E-state index in [0.29, 0.717) is 11.1 Å². The summed E-state index contributed by atoms with van der Waals surface area (Å²) in [5, 5.41) is 0. The highest BCUT2D eigenvalue weighted by Gasteiger charge is 2.31. The summed E-state index contributed by atoms with van der Waals surface area (Å²) >= 11 is 0. The number of rotatable bonds is 4. The number of nitrogens with zero attached hydrogens (tertiary/aromatic N) is 1. The van der Waals surface area contributed by atoms with E-state index in [4.69, 9.17) is 17.3 Å². The number of ether oxygens (including phenoxy) is 1. The Bertz CT molecular complexity index is 675. The Balaban J connectivity index is 2.28. The number of nitrogens with one attached hydrogen (secondary N) is 1. The Morgan fingerprint density at radius 2 is 1.91 bits per heavy atom. The van der Waals surface area contributed by atoms with Crippen molar-refractivity contribution >= 4 is 17.3 Å². The maximum Gasteiger partial charge on any atom is 0.573 e. The van der Waals surface area contributed by atoms with Crippen molar-refractivity contribution in [2.24, 2.45) is 5.84 Å². The van der Waals surface area contributed by atoms with Crippen molar-refractivity contribution in [2.75, 3.05) is 16.9 Å². The normalized spacial score (nSPS) is 11.3. The Morgan fingerprint density at radius 3 is 2.55 bits per heavy atom. The minimum absolute atomic E-state index is 0.194. The number of aromatic nitrogens is 1. The van der Waals surface area contributed by atoms with Gasteiger partial charge < -0.3 is 21.6 Å². The Kier molecular flexibility index (Phi) is 4.27. The van der Waals surface area contributed by atoms with Gasteiger partial charge in [0.05, 0.1) is 5.69 Å². The van der Waals surface area contributed by atoms with E-state index in [9.17, 15) is 13.2 Å². The number of nitrogen functional groups attached to an aromatic ring is 3. The summed E-state index contributed by atoms with van der Waals surface area (Å²) in [6, 6.07) is 7.13. The molecular weight excluding hydrogens is 299 g/mol. The molecular formula is C13H14F3N5O. The third-order valence-electron chi connectivity index (χ3n) is 2.83. The Hall–Kier alpha value is -2.68. The molecule has 1 heterocycles. The number of hydrogen-bond acceptors (Lipinski definition) is 6. The first kappa shape index (κ1) is 15.7. The van der Waals surface area contributed by atoms with Gasteiger partial charge in [0.2, 0.25) is 0 Å². The molecule has 2 rings (SSSR count). The van der Waals surface area contributed by atoms with Gasteiger partial charge in [-0.15, -0.1) is 13.2 Å². The number of nitrogens with two attached hydrogens (primary N) is 3. The van der Waals surface area contributed by atoms with Gasteiger partial charge >= 0.3 is 6.36 Å². The number of hydrogen-bond donors (Lipinski definition) is 4. The standard InChI is InChI=1S/C13H14F3N5O/c14-13(15,16)22-9-3-1-2-7(5-9)4-8-6-10(17)20-12(21-19)11(8)18/h1-3,5-6H,4,18-19H2,(H3,17,20,21). The summed E-state index contributed by atoms with van der Waals surface area (Å²) < 4.78 is 40.6. The van der Waals surface area contributed by atoms with Crippen LogP contribution in [0.25, 0.3) is 0 Å². The van der Waals surface area contributed by atoms with Crippen molar-refractivity contribution in [1.82, 2.24) is 4.98 Å².